The summed E-state index contributed by atoms with van der Waals surface area (Å²) in [6.45, 7) is 4.91. The van der Waals surface area contributed by atoms with Crippen molar-refractivity contribution in [2.45, 2.75) is 38.7 Å². The molecule has 3 heterocycles. The first-order chi connectivity index (χ1) is 13.9. The van der Waals surface area contributed by atoms with Gasteiger partial charge in [-0.15, -0.1) is 11.6 Å². The van der Waals surface area contributed by atoms with Crippen molar-refractivity contribution in [1.82, 2.24) is 19.7 Å². The lowest BCUT2D eigenvalue weighted by Gasteiger charge is -2.24. The first-order valence-corrected chi connectivity index (χ1v) is 10.2. The van der Waals surface area contributed by atoms with Crippen LogP contribution in [-0.2, 0) is 23.6 Å². The lowest BCUT2D eigenvalue weighted by molar-refractivity contribution is -0.133. The van der Waals surface area contributed by atoms with Crippen LogP contribution in [0.15, 0.2) is 24.4 Å². The van der Waals surface area contributed by atoms with E-state index >= 15 is 0 Å². The van der Waals surface area contributed by atoms with Gasteiger partial charge in [-0.25, -0.2) is 9.37 Å². The van der Waals surface area contributed by atoms with Gasteiger partial charge in [0.2, 0.25) is 5.91 Å². The van der Waals surface area contributed by atoms with Crippen LogP contribution in [0, 0.1) is 5.82 Å². The summed E-state index contributed by atoms with van der Waals surface area (Å²) in [4.78, 5) is 18.6. The average Bonchev–Trinajstić information content (AvgIpc) is 2.97. The minimum absolute atomic E-state index is 0.0131. The molecule has 0 bridgehead atoms. The first kappa shape index (κ1) is 19.9. The van der Waals surface area contributed by atoms with Gasteiger partial charge in [0.05, 0.1) is 10.9 Å². The standard InChI is InChI=1S/C20H20Cl2FN5O/c1-11(2)27-4-3-14-7-17(26-28(14)10-18(27)29)25-16-6-12-5-13(8-21)20(23)19(22)15(12)9-24-16/h5-7,9,11H,3-4,8,10H2,1-2H3,(H,24,25,26). The molecule has 1 aliphatic rings. The third-order valence-corrected chi connectivity index (χ3v) is 5.74. The third-order valence-electron chi connectivity index (χ3n) is 5.08. The summed E-state index contributed by atoms with van der Waals surface area (Å²) in [6, 6.07) is 5.52. The van der Waals surface area contributed by atoms with E-state index in [0.29, 0.717) is 29.1 Å². The molecular formula is C20H20Cl2FN5O. The van der Waals surface area contributed by atoms with Crippen LogP contribution in [0.1, 0.15) is 25.1 Å². The van der Waals surface area contributed by atoms with Crippen molar-refractivity contribution >= 4 is 51.5 Å². The molecule has 1 aliphatic heterocycles. The van der Waals surface area contributed by atoms with Gasteiger partial charge in [0, 0.05) is 47.9 Å². The number of pyridine rings is 1. The van der Waals surface area contributed by atoms with Crippen LogP contribution in [0.4, 0.5) is 16.0 Å². The van der Waals surface area contributed by atoms with E-state index in [1.807, 2.05) is 24.8 Å². The monoisotopic (exact) mass is 435 g/mol. The molecule has 0 spiro atoms. The summed E-state index contributed by atoms with van der Waals surface area (Å²) in [5, 5.41) is 8.92. The number of nitrogens with one attached hydrogen (secondary N) is 1. The molecule has 1 aromatic carbocycles. The Morgan fingerprint density at radius 2 is 2.07 bits per heavy atom. The lowest BCUT2D eigenvalue weighted by Crippen LogP contribution is -2.38. The highest BCUT2D eigenvalue weighted by molar-refractivity contribution is 6.35. The van der Waals surface area contributed by atoms with Crippen LogP contribution < -0.4 is 5.32 Å². The molecule has 152 valence electrons. The second-order valence-electron chi connectivity index (χ2n) is 7.32. The van der Waals surface area contributed by atoms with Gasteiger partial charge in [0.1, 0.15) is 18.2 Å². The Bertz CT molecular complexity index is 1100. The maximum Gasteiger partial charge on any atom is 0.244 e. The highest BCUT2D eigenvalue weighted by Gasteiger charge is 2.23. The number of rotatable bonds is 4. The molecule has 0 unspecified atom stereocenters. The van der Waals surface area contributed by atoms with E-state index in [-0.39, 0.29) is 29.4 Å². The van der Waals surface area contributed by atoms with Crippen LogP contribution in [0.5, 0.6) is 0 Å². The Morgan fingerprint density at radius 1 is 1.28 bits per heavy atom. The van der Waals surface area contributed by atoms with Crippen LogP contribution in [-0.4, -0.2) is 38.2 Å². The predicted molar refractivity (Wildman–Crippen MR) is 112 cm³/mol. The van der Waals surface area contributed by atoms with Crippen molar-refractivity contribution in [3.8, 4) is 0 Å². The molecule has 3 aromatic rings. The van der Waals surface area contributed by atoms with Gasteiger partial charge in [0.15, 0.2) is 5.82 Å². The van der Waals surface area contributed by atoms with Crippen LogP contribution in [0.3, 0.4) is 0 Å². The molecule has 0 saturated carbocycles. The topological polar surface area (TPSA) is 63.0 Å². The van der Waals surface area contributed by atoms with Crippen molar-refractivity contribution < 1.29 is 9.18 Å². The normalized spacial score (nSPS) is 14.4. The summed E-state index contributed by atoms with van der Waals surface area (Å²) >= 11 is 11.9. The number of hydrogen-bond acceptors (Lipinski definition) is 4. The van der Waals surface area contributed by atoms with Crippen molar-refractivity contribution in [1.29, 1.82) is 0 Å². The Labute approximate surface area is 177 Å². The van der Waals surface area contributed by atoms with E-state index in [0.717, 1.165) is 17.5 Å². The maximum absolute atomic E-state index is 14.1. The molecule has 9 heteroatoms. The average molecular weight is 436 g/mol. The van der Waals surface area contributed by atoms with E-state index < -0.39 is 5.82 Å². The largest absolute Gasteiger partial charge is 0.338 e. The molecule has 2 aromatic heterocycles. The van der Waals surface area contributed by atoms with Gasteiger partial charge in [-0.1, -0.05) is 11.6 Å². The molecule has 0 radical (unpaired) electrons. The highest BCUT2D eigenvalue weighted by Crippen LogP contribution is 2.31. The quantitative estimate of drug-likeness (QED) is 0.612. The van der Waals surface area contributed by atoms with E-state index in [9.17, 15) is 9.18 Å². The molecule has 6 nitrogen and oxygen atoms in total. The Morgan fingerprint density at radius 3 is 2.79 bits per heavy atom. The molecule has 1 amide bonds. The second-order valence-corrected chi connectivity index (χ2v) is 7.97. The van der Waals surface area contributed by atoms with Gasteiger partial charge in [-0.05, 0) is 31.4 Å². The summed E-state index contributed by atoms with van der Waals surface area (Å²) in [5.74, 6) is 0.714. The number of benzene rings is 1. The number of alkyl halides is 1. The zero-order valence-corrected chi connectivity index (χ0v) is 17.6. The van der Waals surface area contributed by atoms with E-state index in [1.54, 1.807) is 16.8 Å². The van der Waals surface area contributed by atoms with Crippen molar-refractivity contribution in [3.05, 3.63) is 46.5 Å². The maximum atomic E-state index is 14.1. The van der Waals surface area contributed by atoms with Gasteiger partial charge in [-0.3, -0.25) is 9.48 Å². The number of fused-ring (bicyclic) bond motifs is 2. The fourth-order valence-electron chi connectivity index (χ4n) is 3.56. The van der Waals surface area contributed by atoms with E-state index in [4.69, 9.17) is 23.2 Å². The highest BCUT2D eigenvalue weighted by atomic mass is 35.5. The summed E-state index contributed by atoms with van der Waals surface area (Å²) in [5.41, 5.74) is 1.32. The molecule has 29 heavy (non-hydrogen) atoms. The molecule has 0 fully saturated rings. The first-order valence-electron chi connectivity index (χ1n) is 9.33. The van der Waals surface area contributed by atoms with Gasteiger partial charge in [-0.2, -0.15) is 5.10 Å². The zero-order chi connectivity index (χ0) is 20.7. The predicted octanol–water partition coefficient (Wildman–Crippen LogP) is 4.50. The van der Waals surface area contributed by atoms with Gasteiger partial charge >= 0.3 is 0 Å². The fraction of sp³-hybridized carbons (Fsp3) is 0.350. The third kappa shape index (κ3) is 3.76. The summed E-state index contributed by atoms with van der Waals surface area (Å²) in [6.07, 6.45) is 2.25. The van der Waals surface area contributed by atoms with Gasteiger partial charge in [0.25, 0.3) is 0 Å². The molecule has 0 atom stereocenters. The zero-order valence-electron chi connectivity index (χ0n) is 16.0. The minimum atomic E-state index is -0.519. The number of carbonyl (C=O) groups excluding carboxylic acids is 1. The molecular weight excluding hydrogens is 416 g/mol. The van der Waals surface area contributed by atoms with Crippen molar-refractivity contribution in [2.24, 2.45) is 0 Å². The molecule has 4 rings (SSSR count). The fourth-order valence-corrected chi connectivity index (χ4v) is 4.03. The SMILES string of the molecule is CC(C)N1CCc2cc(Nc3cc4cc(CCl)c(F)c(Cl)c4cn3)nn2CC1=O. The second kappa shape index (κ2) is 7.80. The number of aromatic nitrogens is 3. The smallest absolute Gasteiger partial charge is 0.244 e. The summed E-state index contributed by atoms with van der Waals surface area (Å²) < 4.78 is 15.9. The van der Waals surface area contributed by atoms with Gasteiger partial charge < -0.3 is 10.2 Å². The van der Waals surface area contributed by atoms with Crippen molar-refractivity contribution in [2.75, 3.05) is 11.9 Å². The number of carbonyl (C=O) groups is 1. The number of nitrogens with zero attached hydrogens (tertiary/aromatic N) is 4. The summed E-state index contributed by atoms with van der Waals surface area (Å²) in [7, 11) is 0. The van der Waals surface area contributed by atoms with Crippen LogP contribution >= 0.6 is 23.2 Å². The Kier molecular flexibility index (Phi) is 5.36. The van der Waals surface area contributed by atoms with E-state index in [1.165, 1.54) is 6.20 Å². The van der Waals surface area contributed by atoms with Crippen LogP contribution in [0.25, 0.3) is 10.8 Å². The van der Waals surface area contributed by atoms with E-state index in [2.05, 4.69) is 15.4 Å². The Hall–Kier alpha value is -2.38. The van der Waals surface area contributed by atoms with Crippen LogP contribution in [0.2, 0.25) is 5.02 Å². The number of anilines is 2. The van der Waals surface area contributed by atoms with Crippen molar-refractivity contribution in [3.63, 3.8) is 0 Å². The Balaban J connectivity index is 1.60. The number of hydrogen-bond donors (Lipinski definition) is 1. The lowest BCUT2D eigenvalue weighted by atomic mass is 10.1. The number of amides is 1. The minimum Gasteiger partial charge on any atom is -0.338 e. The molecule has 1 N–H and O–H groups in total. The molecule has 0 saturated heterocycles. The molecule has 0 aliphatic carbocycles. The number of halogens is 3.